The van der Waals surface area contributed by atoms with Crippen LogP contribution in [0, 0.1) is 0 Å². The summed E-state index contributed by atoms with van der Waals surface area (Å²) in [5.74, 6) is -8.84. The number of fused-ring (bicyclic) bond motifs is 1. The maximum Gasteiger partial charge on any atom is 0.469 e. The van der Waals surface area contributed by atoms with Crippen LogP contribution in [-0.4, -0.2) is 265 Å². The number of amides is 16. The molecule has 7 heterocycles. The second kappa shape index (κ2) is 35.0. The summed E-state index contributed by atoms with van der Waals surface area (Å²) in [6, 6.07) is -3.28. The number of carbonyl (C=O) groups is 15. The molecule has 14 N–H and O–H groups in total. The van der Waals surface area contributed by atoms with Crippen molar-refractivity contribution in [1.29, 1.82) is 0 Å². The van der Waals surface area contributed by atoms with Gasteiger partial charge in [-0.05, 0) is 103 Å². The number of rotatable bonds is 31. The Morgan fingerprint density at radius 3 is 1.72 bits per heavy atom. The minimum absolute atomic E-state index is 0.0203. The summed E-state index contributed by atoms with van der Waals surface area (Å²) in [6.07, 6.45) is 5.01. The molecule has 8 rings (SSSR count). The van der Waals surface area contributed by atoms with Crippen molar-refractivity contribution in [3.63, 3.8) is 0 Å². The SMILES string of the molecule is C[C@H](NC(=O)[C@H](Cc1ccccc1)NC(=O)[C@@H]1CCCN1C(=O)CNC(=O)[C@@H]1CCCN1C(=O)[C@H](COP(=O)(O)O)NC(=O)[C@@H]1CCCN1C(=O)[C@H](C)NC(=O)[C@@H]1CCCN1C(=O)[C@@H]1CCCN1C(=O)[C@H](C)NC(=O)CNC(=O)CNC(=O)CCCC[C@@H]1SC[C@@H]2NC(=O)N[C@@H]21)C(N)=O. The zero-order valence-corrected chi connectivity index (χ0v) is 57.3. The van der Waals surface area contributed by atoms with Crippen LogP contribution >= 0.6 is 19.6 Å². The highest BCUT2D eigenvalue weighted by Gasteiger charge is 2.47. The Hall–Kier alpha value is -8.47. The molecule has 37 heteroatoms. The van der Waals surface area contributed by atoms with Crippen molar-refractivity contribution in [2.75, 3.05) is 64.7 Å². The highest BCUT2D eigenvalue weighted by molar-refractivity contribution is 8.00. The quantitative estimate of drug-likeness (QED) is 0.0189. The molecule has 0 aromatic heterocycles. The lowest BCUT2D eigenvalue weighted by atomic mass is 10.0. The molecule has 16 amide bonds. The van der Waals surface area contributed by atoms with Crippen molar-refractivity contribution in [2.24, 2.45) is 5.73 Å². The summed E-state index contributed by atoms with van der Waals surface area (Å²) in [4.78, 5) is 226. The largest absolute Gasteiger partial charge is 0.469 e. The minimum atomic E-state index is -5.28. The topological polar surface area (TPSA) is 485 Å². The number of hydrogen-bond acceptors (Lipinski definition) is 18. The normalized spacial score (nSPS) is 24.1. The van der Waals surface area contributed by atoms with E-state index in [4.69, 9.17) is 10.3 Å². The van der Waals surface area contributed by atoms with Gasteiger partial charge in [0.15, 0.2) is 0 Å². The molecule has 0 bridgehead atoms. The third kappa shape index (κ3) is 20.6. The fourth-order valence-electron chi connectivity index (χ4n) is 13.6. The van der Waals surface area contributed by atoms with Gasteiger partial charge in [0, 0.05) is 56.6 Å². The molecule has 0 unspecified atom stereocenters. The van der Waals surface area contributed by atoms with Gasteiger partial charge in [-0.15, -0.1) is 0 Å². The number of thioether (sulfide) groups is 1. The van der Waals surface area contributed by atoms with Gasteiger partial charge in [0.1, 0.15) is 60.4 Å². The zero-order chi connectivity index (χ0) is 71.8. The molecule has 7 aliphatic heterocycles. The van der Waals surface area contributed by atoms with Gasteiger partial charge in [-0.25, -0.2) is 9.36 Å². The number of nitrogens with one attached hydrogen (secondary N) is 10. The van der Waals surface area contributed by atoms with E-state index < -0.39 is 165 Å². The van der Waals surface area contributed by atoms with E-state index in [-0.39, 0.29) is 126 Å². The van der Waals surface area contributed by atoms with Crippen LogP contribution in [-0.2, 0) is 82.6 Å². The van der Waals surface area contributed by atoms with E-state index in [0.29, 0.717) is 31.2 Å². The van der Waals surface area contributed by atoms with Crippen LogP contribution in [0.2, 0.25) is 0 Å². The Morgan fingerprint density at radius 2 is 1.09 bits per heavy atom. The van der Waals surface area contributed by atoms with Gasteiger partial charge in [-0.2, -0.15) is 11.8 Å². The van der Waals surface area contributed by atoms with Gasteiger partial charge < -0.3 is 93.2 Å². The lowest BCUT2D eigenvalue weighted by Crippen LogP contribution is -2.59. The highest BCUT2D eigenvalue weighted by atomic mass is 32.2. The number of nitrogens with two attached hydrogens (primary N) is 1. The Morgan fingerprint density at radius 1 is 0.576 bits per heavy atom. The molecule has 7 saturated heterocycles. The lowest BCUT2D eigenvalue weighted by Gasteiger charge is -2.33. The molecule has 544 valence electrons. The average Bonchev–Trinajstić information content (AvgIpc) is 1.71. The molecule has 1 aromatic carbocycles. The summed E-state index contributed by atoms with van der Waals surface area (Å²) in [5, 5.41) is 26.4. The average molecular weight is 1430 g/mol. The number of carbonyl (C=O) groups excluding carboxylic acids is 15. The lowest BCUT2D eigenvalue weighted by molar-refractivity contribution is -0.148. The van der Waals surface area contributed by atoms with Crippen LogP contribution < -0.4 is 58.9 Å². The van der Waals surface area contributed by atoms with Crippen LogP contribution in [0.4, 0.5) is 4.79 Å². The molecular weight excluding hydrogens is 1340 g/mol. The van der Waals surface area contributed by atoms with Crippen molar-refractivity contribution in [1.82, 2.24) is 77.7 Å². The minimum Gasteiger partial charge on any atom is -0.368 e. The van der Waals surface area contributed by atoms with Crippen LogP contribution in [0.5, 0.6) is 0 Å². The Kier molecular flexibility index (Phi) is 27.0. The van der Waals surface area contributed by atoms with Crippen LogP contribution in [0.3, 0.4) is 0 Å². The molecule has 0 radical (unpaired) electrons. The van der Waals surface area contributed by atoms with E-state index in [2.05, 4.69) is 53.2 Å². The maximum absolute atomic E-state index is 14.3. The molecular formula is C62H91N16O19PS. The number of benzene rings is 1. The molecule has 7 aliphatic rings. The van der Waals surface area contributed by atoms with Crippen molar-refractivity contribution in [2.45, 2.75) is 195 Å². The van der Waals surface area contributed by atoms with E-state index in [0.717, 1.165) is 23.5 Å². The van der Waals surface area contributed by atoms with Crippen LogP contribution in [0.1, 0.15) is 116 Å². The van der Waals surface area contributed by atoms with E-state index in [9.17, 15) is 86.3 Å². The van der Waals surface area contributed by atoms with Crippen LogP contribution in [0.25, 0.3) is 0 Å². The summed E-state index contributed by atoms with van der Waals surface area (Å²) in [7, 11) is -5.28. The first-order valence-corrected chi connectivity index (χ1v) is 36.2. The van der Waals surface area contributed by atoms with Gasteiger partial charge in [-0.3, -0.25) is 71.6 Å². The Bertz CT molecular complexity index is 3280. The van der Waals surface area contributed by atoms with E-state index in [1.807, 2.05) is 0 Å². The number of likely N-dealkylation sites (tertiary alicyclic amines) is 5. The summed E-state index contributed by atoms with van der Waals surface area (Å²) in [6.45, 7) is 2.03. The number of primary amides is 1. The summed E-state index contributed by atoms with van der Waals surface area (Å²) < 4.78 is 16.7. The molecule has 0 aliphatic carbocycles. The second-order valence-corrected chi connectivity index (χ2v) is 28.4. The number of urea groups is 1. The zero-order valence-electron chi connectivity index (χ0n) is 55.6. The molecule has 0 spiro atoms. The van der Waals surface area contributed by atoms with Crippen LogP contribution in [0.15, 0.2) is 30.3 Å². The van der Waals surface area contributed by atoms with Crippen molar-refractivity contribution in [3.8, 4) is 0 Å². The fourth-order valence-corrected chi connectivity index (χ4v) is 15.5. The summed E-state index contributed by atoms with van der Waals surface area (Å²) in [5.41, 5.74) is 6.05. The van der Waals surface area contributed by atoms with Crippen molar-refractivity contribution < 1.29 is 90.8 Å². The van der Waals surface area contributed by atoms with Crippen molar-refractivity contribution in [3.05, 3.63) is 35.9 Å². The smallest absolute Gasteiger partial charge is 0.368 e. The molecule has 1 aromatic rings. The van der Waals surface area contributed by atoms with Gasteiger partial charge in [0.25, 0.3) is 0 Å². The molecule has 13 atom stereocenters. The number of unbranched alkanes of at least 4 members (excludes halogenated alkanes) is 1. The standard InChI is InChI=1S/C62H91N16O19PS/c1-34(52(63)83)68-53(84)38(28-37-14-5-4-6-15-37)70-56(87)42-17-9-23-74(42)50(82)31-66-54(85)41-16-10-25-76(41)60(91)39(32-97-98(94,95)96)71-57(88)44-19-11-24-75(44)59(90)36(3)69-55(86)43-18-12-26-77(43)61(92)45-20-13-27-78(45)58(89)35(2)67-49(81)30-65-48(80)29-64-47(79)22-8-7-21-46-51-40(33-99-46)72-62(93)73-51/h4-6,14-15,34-36,38-46,51H,7-13,16-33H2,1-3H3,(H2,63,83)(H,64,79)(H,65,80)(H,66,85)(H,67,81)(H,68,84)(H,69,86)(H,70,87)(H,71,88)(H2,72,73,93)(H2,94,95,96)/t34-,35-,36-,38-,39-,40-,41-,42-,43-,44-,45-,46-,51-/m0/s1. The molecule has 99 heavy (non-hydrogen) atoms. The van der Waals surface area contributed by atoms with Crippen molar-refractivity contribution >= 4 is 108 Å². The number of phosphoric ester groups is 1. The third-order valence-electron chi connectivity index (χ3n) is 18.8. The van der Waals surface area contributed by atoms with E-state index >= 15 is 0 Å². The van der Waals surface area contributed by atoms with E-state index in [1.165, 1.54) is 40.4 Å². The summed E-state index contributed by atoms with van der Waals surface area (Å²) >= 11 is 1.78. The first-order valence-electron chi connectivity index (χ1n) is 33.6. The Labute approximate surface area is 575 Å². The maximum atomic E-state index is 14.3. The van der Waals surface area contributed by atoms with E-state index in [1.54, 1.807) is 42.1 Å². The Balaban J connectivity index is 0.782. The predicted molar refractivity (Wildman–Crippen MR) is 351 cm³/mol. The van der Waals surface area contributed by atoms with Gasteiger partial charge in [0.2, 0.25) is 82.7 Å². The number of phosphoric acid groups is 1. The number of nitrogens with zero attached hydrogens (tertiary/aromatic N) is 5. The molecule has 35 nitrogen and oxygen atoms in total. The third-order valence-corrected chi connectivity index (χ3v) is 20.8. The molecule has 7 fully saturated rings. The number of hydrogen-bond donors (Lipinski definition) is 13. The monoisotopic (exact) mass is 1430 g/mol. The fraction of sp³-hybridized carbons (Fsp3) is 0.661. The molecule has 0 saturated carbocycles. The van der Waals surface area contributed by atoms with Gasteiger partial charge in [-0.1, -0.05) is 36.8 Å². The first-order chi connectivity index (χ1) is 47.1. The highest BCUT2D eigenvalue weighted by Crippen LogP contribution is 2.37. The van der Waals surface area contributed by atoms with Gasteiger partial charge >= 0.3 is 13.9 Å². The predicted octanol–water partition coefficient (Wildman–Crippen LogP) is -4.66. The second-order valence-electron chi connectivity index (χ2n) is 25.9. The first kappa shape index (κ1) is 76.3. The van der Waals surface area contributed by atoms with Gasteiger partial charge in [0.05, 0.1) is 38.3 Å².